The lowest BCUT2D eigenvalue weighted by atomic mass is 10.4. The molecule has 0 aliphatic carbocycles. The van der Waals surface area contributed by atoms with Gasteiger partial charge in [-0.1, -0.05) is 0 Å². The smallest absolute Gasteiger partial charge is 0.430 e. The molecule has 6 heteroatoms. The van der Waals surface area contributed by atoms with E-state index in [0.29, 0.717) is 13.2 Å². The quantitative estimate of drug-likeness (QED) is 0.733. The van der Waals surface area contributed by atoms with Gasteiger partial charge in [0, 0.05) is 7.11 Å². The molecule has 1 aliphatic heterocycles. The minimum atomic E-state index is -0.549. The van der Waals surface area contributed by atoms with Gasteiger partial charge in [-0.2, -0.15) is 0 Å². The molecule has 0 spiro atoms. The molecular weight excluding hydrogens is 228 g/mol. The lowest BCUT2D eigenvalue weighted by molar-refractivity contribution is -0.0313. The van der Waals surface area contributed by atoms with Crippen LogP contribution in [-0.4, -0.2) is 56.5 Å². The predicted molar refractivity (Wildman–Crippen MR) is 60.9 cm³/mol. The van der Waals surface area contributed by atoms with E-state index in [1.807, 2.05) is 13.8 Å². The largest absolute Gasteiger partial charge is 0.508 e. The average molecular weight is 250 g/mol. The van der Waals surface area contributed by atoms with E-state index in [0.717, 1.165) is 0 Å². The summed E-state index contributed by atoms with van der Waals surface area (Å²) in [7, 11) is 1.64. The van der Waals surface area contributed by atoms with Gasteiger partial charge in [0.1, 0.15) is 12.7 Å². The Morgan fingerprint density at radius 1 is 1.47 bits per heavy atom. The zero-order valence-electron chi connectivity index (χ0n) is 10.8. The number of hydrogen-bond donors (Lipinski definition) is 1. The van der Waals surface area contributed by atoms with Gasteiger partial charge < -0.3 is 24.1 Å². The van der Waals surface area contributed by atoms with E-state index >= 15 is 0 Å². The van der Waals surface area contributed by atoms with Crippen molar-refractivity contribution in [1.82, 2.24) is 0 Å². The lowest BCUT2D eigenvalue weighted by Gasteiger charge is -2.13. The van der Waals surface area contributed by atoms with Gasteiger partial charge in [0.2, 0.25) is 0 Å². The van der Waals surface area contributed by atoms with Crippen LogP contribution in [0.5, 0.6) is 0 Å². The van der Waals surface area contributed by atoms with Gasteiger partial charge in [-0.15, -0.1) is 0 Å². The third kappa shape index (κ3) is 8.91. The van der Waals surface area contributed by atoms with Crippen LogP contribution in [-0.2, 0) is 18.9 Å². The molecule has 0 bridgehead atoms. The summed E-state index contributed by atoms with van der Waals surface area (Å²) in [5.41, 5.74) is 0. The molecule has 0 radical (unpaired) electrons. The lowest BCUT2D eigenvalue weighted by Crippen LogP contribution is -2.21. The van der Waals surface area contributed by atoms with Crippen molar-refractivity contribution in [1.29, 1.82) is 0 Å². The number of ether oxygens (including phenoxy) is 4. The van der Waals surface area contributed by atoms with Gasteiger partial charge in [0.15, 0.2) is 0 Å². The van der Waals surface area contributed by atoms with Gasteiger partial charge in [-0.3, -0.25) is 0 Å². The summed E-state index contributed by atoms with van der Waals surface area (Å²) in [5.74, 6) is 0. The average Bonchev–Trinajstić information content (AvgIpc) is 2.70. The Morgan fingerprint density at radius 2 is 2.12 bits per heavy atom. The van der Waals surface area contributed by atoms with Crippen LogP contribution >= 0.6 is 0 Å². The Morgan fingerprint density at radius 3 is 2.41 bits per heavy atom. The highest BCUT2D eigenvalue weighted by Gasteiger charge is 2.19. The SMILES string of the molecule is CC1COC(=O)O1.COC(C)COC(C)CO. The fraction of sp³-hybridized carbons (Fsp3) is 0.909. The minimum Gasteiger partial charge on any atom is -0.430 e. The number of hydrogen-bond acceptors (Lipinski definition) is 6. The molecular formula is C11H22O6. The molecule has 1 saturated heterocycles. The van der Waals surface area contributed by atoms with Crippen LogP contribution in [0.3, 0.4) is 0 Å². The summed E-state index contributed by atoms with van der Waals surface area (Å²) < 4.78 is 19.0. The molecule has 17 heavy (non-hydrogen) atoms. The van der Waals surface area contributed by atoms with Crippen molar-refractivity contribution >= 4 is 6.16 Å². The molecule has 3 unspecified atom stereocenters. The van der Waals surface area contributed by atoms with Crippen LogP contribution in [0.1, 0.15) is 20.8 Å². The Bertz CT molecular complexity index is 198. The standard InChI is InChI=1S/C7H16O3.C4H6O3/c1-6(4-8)10-5-7(2)9-3;1-3-2-6-4(5)7-3/h6-8H,4-5H2,1-3H3;3H,2H2,1H3. The van der Waals surface area contributed by atoms with Crippen molar-refractivity contribution in [3.63, 3.8) is 0 Å². The number of carbonyl (C=O) groups is 1. The number of aliphatic hydroxyl groups excluding tert-OH is 1. The minimum absolute atomic E-state index is 0.0486. The van der Waals surface area contributed by atoms with Gasteiger partial charge in [0.25, 0.3) is 0 Å². The molecule has 3 atom stereocenters. The molecule has 6 nitrogen and oxygen atoms in total. The topological polar surface area (TPSA) is 74.2 Å². The maximum Gasteiger partial charge on any atom is 0.508 e. The molecule has 0 aromatic heterocycles. The third-order valence-electron chi connectivity index (χ3n) is 2.01. The fourth-order valence-electron chi connectivity index (χ4n) is 0.838. The Kier molecular flexibility index (Phi) is 8.75. The summed E-state index contributed by atoms with van der Waals surface area (Å²) in [6, 6.07) is 0. The van der Waals surface area contributed by atoms with Crippen molar-refractivity contribution in [2.24, 2.45) is 0 Å². The van der Waals surface area contributed by atoms with Crippen LogP contribution in [0.4, 0.5) is 4.79 Å². The van der Waals surface area contributed by atoms with E-state index in [-0.39, 0.29) is 24.9 Å². The highest BCUT2D eigenvalue weighted by atomic mass is 16.8. The van der Waals surface area contributed by atoms with Gasteiger partial charge in [0.05, 0.1) is 25.4 Å². The van der Waals surface area contributed by atoms with Crippen molar-refractivity contribution in [3.05, 3.63) is 0 Å². The number of rotatable bonds is 5. The number of methoxy groups -OCH3 is 1. The second-order valence-corrected chi connectivity index (χ2v) is 3.86. The second kappa shape index (κ2) is 9.21. The van der Waals surface area contributed by atoms with E-state index in [4.69, 9.17) is 14.6 Å². The summed E-state index contributed by atoms with van der Waals surface area (Å²) in [4.78, 5) is 10.0. The van der Waals surface area contributed by atoms with Crippen LogP contribution in [0.15, 0.2) is 0 Å². The molecule has 0 aromatic rings. The molecule has 1 fully saturated rings. The van der Waals surface area contributed by atoms with Crippen molar-refractivity contribution in [2.45, 2.75) is 39.1 Å². The van der Waals surface area contributed by atoms with E-state index < -0.39 is 6.16 Å². The number of aliphatic hydroxyl groups is 1. The Balaban J connectivity index is 0.000000318. The zero-order chi connectivity index (χ0) is 13.3. The highest BCUT2D eigenvalue weighted by Crippen LogP contribution is 2.02. The van der Waals surface area contributed by atoms with Crippen LogP contribution in [0.25, 0.3) is 0 Å². The second-order valence-electron chi connectivity index (χ2n) is 3.86. The highest BCUT2D eigenvalue weighted by molar-refractivity contribution is 5.61. The van der Waals surface area contributed by atoms with E-state index in [2.05, 4.69) is 9.47 Å². The molecule has 0 amide bonds. The van der Waals surface area contributed by atoms with Crippen LogP contribution in [0.2, 0.25) is 0 Å². The Labute approximate surface area is 102 Å². The molecule has 1 N–H and O–H groups in total. The molecule has 102 valence electrons. The summed E-state index contributed by atoms with van der Waals surface area (Å²) >= 11 is 0. The van der Waals surface area contributed by atoms with E-state index in [1.165, 1.54) is 0 Å². The third-order valence-corrected chi connectivity index (χ3v) is 2.01. The monoisotopic (exact) mass is 250 g/mol. The molecule has 1 rings (SSSR count). The summed E-state index contributed by atoms with van der Waals surface area (Å²) in [6.07, 6.45) is -0.577. The molecule has 1 aliphatic rings. The first-order valence-corrected chi connectivity index (χ1v) is 5.58. The van der Waals surface area contributed by atoms with Gasteiger partial charge in [-0.05, 0) is 20.8 Å². The van der Waals surface area contributed by atoms with E-state index in [1.54, 1.807) is 14.0 Å². The van der Waals surface area contributed by atoms with Crippen molar-refractivity contribution in [3.8, 4) is 0 Å². The summed E-state index contributed by atoms with van der Waals surface area (Å²) in [5, 5.41) is 8.55. The van der Waals surface area contributed by atoms with Crippen molar-refractivity contribution < 1.29 is 28.8 Å². The van der Waals surface area contributed by atoms with Gasteiger partial charge in [-0.25, -0.2) is 4.79 Å². The first-order chi connectivity index (χ1) is 7.99. The maximum absolute atomic E-state index is 10.0. The first kappa shape index (κ1) is 16.1. The zero-order valence-corrected chi connectivity index (χ0v) is 10.8. The van der Waals surface area contributed by atoms with Crippen LogP contribution in [0, 0.1) is 0 Å². The fourth-order valence-corrected chi connectivity index (χ4v) is 0.838. The normalized spacial score (nSPS) is 21.9. The number of carbonyl (C=O) groups excluding carboxylic acids is 1. The summed E-state index contributed by atoms with van der Waals surface area (Å²) in [6.45, 7) is 6.53. The first-order valence-electron chi connectivity index (χ1n) is 5.58. The van der Waals surface area contributed by atoms with Gasteiger partial charge >= 0.3 is 6.16 Å². The number of cyclic esters (lactones) is 2. The Hall–Kier alpha value is -0.850. The molecule has 0 aromatic carbocycles. The van der Waals surface area contributed by atoms with Crippen LogP contribution < -0.4 is 0 Å². The maximum atomic E-state index is 10.0. The predicted octanol–water partition coefficient (Wildman–Crippen LogP) is 0.960. The molecule has 0 saturated carbocycles. The van der Waals surface area contributed by atoms with Crippen molar-refractivity contribution in [2.75, 3.05) is 26.9 Å². The van der Waals surface area contributed by atoms with E-state index in [9.17, 15) is 4.79 Å². The molecule has 1 heterocycles.